The number of para-hydroxylation sites is 1. The van der Waals surface area contributed by atoms with Gasteiger partial charge in [0, 0.05) is 24.7 Å². The molecule has 150 valence electrons. The van der Waals surface area contributed by atoms with Crippen LogP contribution in [0.4, 0.5) is 0 Å². The summed E-state index contributed by atoms with van der Waals surface area (Å²) in [4.78, 5) is 28.9. The zero-order chi connectivity index (χ0) is 20.6. The Bertz CT molecular complexity index is 1000. The second kappa shape index (κ2) is 9.54. The van der Waals surface area contributed by atoms with Crippen molar-refractivity contribution in [3.63, 3.8) is 0 Å². The lowest BCUT2D eigenvalue weighted by Crippen LogP contribution is -2.38. The zero-order valence-electron chi connectivity index (χ0n) is 16.4. The Morgan fingerprint density at radius 3 is 2.48 bits per heavy atom. The first kappa shape index (κ1) is 20.1. The van der Waals surface area contributed by atoms with Crippen LogP contribution in [0.2, 0.25) is 0 Å². The van der Waals surface area contributed by atoms with Gasteiger partial charge in [-0.3, -0.25) is 14.2 Å². The van der Waals surface area contributed by atoms with E-state index < -0.39 is 6.10 Å². The fourth-order valence-corrected chi connectivity index (χ4v) is 2.71. The number of rotatable bonds is 8. The molecular formula is C22H23N3O4. The Labute approximate surface area is 168 Å². The van der Waals surface area contributed by atoms with Crippen LogP contribution in [0.3, 0.4) is 0 Å². The molecule has 1 aromatic heterocycles. The number of carbonyl (C=O) groups excluding carboxylic acids is 1. The maximum atomic E-state index is 12.3. The van der Waals surface area contributed by atoms with E-state index in [1.54, 1.807) is 26.2 Å². The molecule has 0 bridgehead atoms. The molecule has 1 unspecified atom stereocenters. The summed E-state index contributed by atoms with van der Waals surface area (Å²) in [5.41, 5.74) is 1.23. The van der Waals surface area contributed by atoms with Gasteiger partial charge in [0.05, 0.1) is 19.1 Å². The van der Waals surface area contributed by atoms with Gasteiger partial charge in [0.15, 0.2) is 6.10 Å². The van der Waals surface area contributed by atoms with E-state index in [0.29, 0.717) is 24.5 Å². The normalized spacial score (nSPS) is 11.5. The first-order valence-electron chi connectivity index (χ1n) is 9.27. The molecule has 0 aliphatic heterocycles. The lowest BCUT2D eigenvalue weighted by molar-refractivity contribution is -0.127. The van der Waals surface area contributed by atoms with E-state index in [0.717, 1.165) is 11.3 Å². The Morgan fingerprint density at radius 2 is 1.83 bits per heavy atom. The molecule has 0 aliphatic rings. The van der Waals surface area contributed by atoms with Gasteiger partial charge >= 0.3 is 0 Å². The van der Waals surface area contributed by atoms with Crippen molar-refractivity contribution in [3.05, 3.63) is 77.3 Å². The molecule has 0 aliphatic carbocycles. The second-order valence-corrected chi connectivity index (χ2v) is 6.40. The molecule has 7 nitrogen and oxygen atoms in total. The molecule has 0 radical (unpaired) electrons. The number of benzene rings is 2. The number of hydrogen-bond donors (Lipinski definition) is 1. The lowest BCUT2D eigenvalue weighted by atomic mass is 10.1. The lowest BCUT2D eigenvalue weighted by Gasteiger charge is -2.15. The van der Waals surface area contributed by atoms with Gasteiger partial charge in [0.25, 0.3) is 11.5 Å². The minimum Gasteiger partial charge on any atom is -0.497 e. The van der Waals surface area contributed by atoms with Crippen LogP contribution < -0.4 is 20.3 Å². The van der Waals surface area contributed by atoms with Gasteiger partial charge in [-0.1, -0.05) is 18.2 Å². The van der Waals surface area contributed by atoms with Gasteiger partial charge in [-0.25, -0.2) is 4.98 Å². The van der Waals surface area contributed by atoms with E-state index in [1.165, 1.54) is 17.0 Å². The van der Waals surface area contributed by atoms with Crippen molar-refractivity contribution in [2.45, 2.75) is 19.6 Å². The van der Waals surface area contributed by atoms with Crippen molar-refractivity contribution >= 4 is 5.91 Å². The van der Waals surface area contributed by atoms with Crippen molar-refractivity contribution in [2.75, 3.05) is 13.7 Å². The van der Waals surface area contributed by atoms with Crippen LogP contribution in [-0.2, 0) is 11.3 Å². The van der Waals surface area contributed by atoms with Crippen molar-refractivity contribution in [1.29, 1.82) is 0 Å². The summed E-state index contributed by atoms with van der Waals surface area (Å²) in [6, 6.07) is 17.9. The van der Waals surface area contributed by atoms with E-state index in [4.69, 9.17) is 9.47 Å². The highest BCUT2D eigenvalue weighted by Gasteiger charge is 2.14. The maximum absolute atomic E-state index is 12.3. The molecule has 3 rings (SSSR count). The highest BCUT2D eigenvalue weighted by atomic mass is 16.5. The number of methoxy groups -OCH3 is 1. The smallest absolute Gasteiger partial charge is 0.260 e. The average molecular weight is 393 g/mol. The number of carbonyl (C=O) groups is 1. The molecule has 0 saturated heterocycles. The average Bonchev–Trinajstić information content (AvgIpc) is 2.75. The Balaban J connectivity index is 1.54. The number of hydrogen-bond acceptors (Lipinski definition) is 5. The van der Waals surface area contributed by atoms with Crippen LogP contribution in [0.15, 0.2) is 71.8 Å². The van der Waals surface area contributed by atoms with E-state index in [-0.39, 0.29) is 11.5 Å². The summed E-state index contributed by atoms with van der Waals surface area (Å²) in [5, 5.41) is 2.77. The molecule has 0 fully saturated rings. The number of nitrogens with zero attached hydrogens (tertiary/aromatic N) is 2. The minimum absolute atomic E-state index is 0.186. The first-order chi connectivity index (χ1) is 14.1. The molecule has 29 heavy (non-hydrogen) atoms. The predicted octanol–water partition coefficient (Wildman–Crippen LogP) is 2.50. The van der Waals surface area contributed by atoms with Gasteiger partial charge in [0.1, 0.15) is 11.5 Å². The molecule has 3 aromatic rings. The Hall–Kier alpha value is -3.61. The van der Waals surface area contributed by atoms with Crippen LogP contribution in [0.1, 0.15) is 6.92 Å². The molecule has 7 heteroatoms. The maximum Gasteiger partial charge on any atom is 0.260 e. The monoisotopic (exact) mass is 393 g/mol. The molecule has 1 amide bonds. The fraction of sp³-hybridized carbons (Fsp3) is 0.227. The van der Waals surface area contributed by atoms with Crippen LogP contribution in [-0.4, -0.2) is 35.2 Å². The second-order valence-electron chi connectivity index (χ2n) is 6.40. The van der Waals surface area contributed by atoms with Gasteiger partial charge in [-0.05, 0) is 43.3 Å². The largest absolute Gasteiger partial charge is 0.497 e. The van der Waals surface area contributed by atoms with Crippen molar-refractivity contribution < 1.29 is 14.3 Å². The van der Waals surface area contributed by atoms with Gasteiger partial charge in [0.2, 0.25) is 0 Å². The van der Waals surface area contributed by atoms with Crippen LogP contribution in [0, 0.1) is 0 Å². The minimum atomic E-state index is -0.635. The summed E-state index contributed by atoms with van der Waals surface area (Å²) >= 11 is 0. The SMILES string of the molecule is COc1ccc(-c2cc(=O)n(CCNC(=O)C(C)Oc3ccccc3)cn2)cc1. The third kappa shape index (κ3) is 5.44. The predicted molar refractivity (Wildman–Crippen MR) is 110 cm³/mol. The Morgan fingerprint density at radius 1 is 1.10 bits per heavy atom. The highest BCUT2D eigenvalue weighted by molar-refractivity contribution is 5.80. The molecule has 0 spiro atoms. The molecule has 2 aromatic carbocycles. The highest BCUT2D eigenvalue weighted by Crippen LogP contribution is 2.19. The third-order valence-corrected chi connectivity index (χ3v) is 4.34. The molecule has 1 N–H and O–H groups in total. The van der Waals surface area contributed by atoms with Gasteiger partial charge in [-0.2, -0.15) is 0 Å². The molecule has 0 saturated carbocycles. The van der Waals surface area contributed by atoms with E-state index in [2.05, 4.69) is 10.3 Å². The third-order valence-electron chi connectivity index (χ3n) is 4.34. The van der Waals surface area contributed by atoms with E-state index in [1.807, 2.05) is 42.5 Å². The number of amides is 1. The molecular weight excluding hydrogens is 370 g/mol. The first-order valence-corrected chi connectivity index (χ1v) is 9.27. The molecule has 1 atom stereocenters. The van der Waals surface area contributed by atoms with Crippen LogP contribution >= 0.6 is 0 Å². The topological polar surface area (TPSA) is 82.5 Å². The van der Waals surface area contributed by atoms with Crippen LogP contribution in [0.25, 0.3) is 11.3 Å². The summed E-state index contributed by atoms with van der Waals surface area (Å²) in [7, 11) is 1.60. The molecule has 1 heterocycles. The number of nitrogens with one attached hydrogen (secondary N) is 1. The quantitative estimate of drug-likeness (QED) is 0.636. The number of ether oxygens (including phenoxy) is 2. The number of aromatic nitrogens is 2. The van der Waals surface area contributed by atoms with Gasteiger partial charge in [-0.15, -0.1) is 0 Å². The zero-order valence-corrected chi connectivity index (χ0v) is 16.4. The summed E-state index contributed by atoms with van der Waals surface area (Å²) in [6.07, 6.45) is 0.850. The van der Waals surface area contributed by atoms with Crippen molar-refractivity contribution in [3.8, 4) is 22.8 Å². The summed E-state index contributed by atoms with van der Waals surface area (Å²) < 4.78 is 12.2. The Kier molecular flexibility index (Phi) is 6.63. The van der Waals surface area contributed by atoms with E-state index in [9.17, 15) is 9.59 Å². The van der Waals surface area contributed by atoms with Crippen molar-refractivity contribution in [1.82, 2.24) is 14.9 Å². The van der Waals surface area contributed by atoms with E-state index >= 15 is 0 Å². The summed E-state index contributed by atoms with van der Waals surface area (Å²) in [5.74, 6) is 1.12. The summed E-state index contributed by atoms with van der Waals surface area (Å²) in [6.45, 7) is 2.29. The fourth-order valence-electron chi connectivity index (χ4n) is 2.71. The van der Waals surface area contributed by atoms with Gasteiger partial charge < -0.3 is 14.8 Å². The van der Waals surface area contributed by atoms with Crippen LogP contribution in [0.5, 0.6) is 11.5 Å². The standard InChI is InChI=1S/C22H23N3O4/c1-16(29-19-6-4-3-5-7-19)22(27)23-12-13-25-15-24-20(14-21(25)26)17-8-10-18(28-2)11-9-17/h3-11,14-16H,12-13H2,1-2H3,(H,23,27). The van der Waals surface area contributed by atoms with Crippen molar-refractivity contribution in [2.24, 2.45) is 0 Å².